The quantitative estimate of drug-likeness (QED) is 0.532. The van der Waals surface area contributed by atoms with E-state index in [9.17, 15) is 0 Å². The molecule has 4 heteroatoms. The predicted octanol–water partition coefficient (Wildman–Crippen LogP) is 0.996. The molecule has 0 saturated heterocycles. The Labute approximate surface area is 77.7 Å². The van der Waals surface area contributed by atoms with Crippen molar-refractivity contribution < 1.29 is 20.0 Å². The normalized spacial score (nSPS) is 3.50. The molecule has 26 valence electrons. The van der Waals surface area contributed by atoms with Crippen molar-refractivity contribution in [2.24, 2.45) is 0 Å². The van der Waals surface area contributed by atoms with E-state index in [2.05, 4.69) is 29.2 Å². The molecule has 0 spiro atoms. The molecule has 0 aromatic rings. The summed E-state index contributed by atoms with van der Waals surface area (Å²) in [6, 6.07) is 0. The van der Waals surface area contributed by atoms with Crippen molar-refractivity contribution in [3.63, 3.8) is 0 Å². The molecule has 0 atom stereocenters. The molecule has 0 aromatic heterocycles. The molecule has 0 saturated carbocycles. The molecule has 0 unspecified atom stereocenters. The Kier molecular flexibility index (Phi) is 42.0. The standard InChI is InChI=1S/Ag.2ClH.K/h;2*1H;/q+1;;;+1/p-2. The Bertz CT molecular complexity index is 6.00. The van der Waals surface area contributed by atoms with Gasteiger partial charge in [-0.25, -0.2) is 0 Å². The topological polar surface area (TPSA) is 0 Å². The van der Waals surface area contributed by atoms with E-state index in [-0.39, 0.29) is 0 Å². The van der Waals surface area contributed by atoms with E-state index in [1.165, 1.54) is 0 Å². The minimum absolute atomic E-state index is 0.535. The second-order valence-electron chi connectivity index (χ2n) is 0. The first kappa shape index (κ1) is 10.0. The summed E-state index contributed by atoms with van der Waals surface area (Å²) in [4.78, 5) is 0. The van der Waals surface area contributed by atoms with E-state index < -0.39 is 0 Å². The Hall–Kier alpha value is 2.96. The van der Waals surface area contributed by atoms with E-state index in [4.69, 9.17) is 3.76 Å². The molecule has 0 nitrogen and oxygen atoms in total. The van der Waals surface area contributed by atoms with Crippen LogP contribution in [0.4, 0.5) is 0 Å². The third-order valence-corrected chi connectivity index (χ3v) is 0. The summed E-state index contributed by atoms with van der Waals surface area (Å²) in [5.74, 6) is 0. The molecule has 0 rings (SSSR count). The fourth-order valence-electron chi connectivity index (χ4n) is 0. The van der Waals surface area contributed by atoms with E-state index >= 15 is 0 Å². The van der Waals surface area contributed by atoms with Gasteiger partial charge < -0.3 is 0 Å². The van der Waals surface area contributed by atoms with Crippen LogP contribution in [0.5, 0.6) is 0 Å². The van der Waals surface area contributed by atoms with Crippen LogP contribution in [0.25, 0.3) is 0 Å². The number of rotatable bonds is 0. The second-order valence-corrected chi connectivity index (χ2v) is 0. The van der Waals surface area contributed by atoms with Crippen molar-refractivity contribution in [1.82, 2.24) is 0 Å². The van der Waals surface area contributed by atoms with Gasteiger partial charge in [0.05, 0.1) is 0 Å². The zero-order valence-corrected chi connectivity index (χ0v) is 8.17. The molecule has 0 radical (unpaired) electrons. The van der Waals surface area contributed by atoms with Gasteiger partial charge in [0.25, 0.3) is 0 Å². The van der Waals surface area contributed by atoms with Crippen LogP contribution in [0.3, 0.4) is 0 Å². The zero-order valence-electron chi connectivity index (χ0n) is 2.06. The molecule has 0 amide bonds. The molecule has 0 aromatic carbocycles. The second kappa shape index (κ2) is 16.7. The number of halogens is 2. The first-order valence-corrected chi connectivity index (χ1v) is 6.70. The molecule has 0 aliphatic carbocycles. The summed E-state index contributed by atoms with van der Waals surface area (Å²) >= 11 is 2.96. The van der Waals surface area contributed by atoms with Crippen molar-refractivity contribution in [3.8, 4) is 0 Å². The van der Waals surface area contributed by atoms with Crippen LogP contribution >= 0.6 is 13.0 Å². The summed E-state index contributed by atoms with van der Waals surface area (Å²) in [5, 5.41) is 0. The van der Waals surface area contributed by atoms with Crippen molar-refractivity contribution in [2.45, 2.75) is 0 Å². The van der Waals surface area contributed by atoms with Crippen LogP contribution in [0.15, 0.2) is 0 Å². The van der Waals surface area contributed by atoms with Crippen LogP contribution < -0.4 is 0 Å². The van der Waals surface area contributed by atoms with Gasteiger partial charge in [-0.05, 0) is 0 Å². The van der Waals surface area contributed by atoms with Crippen molar-refractivity contribution in [1.29, 1.82) is 0 Å². The Balaban J connectivity index is 0. The van der Waals surface area contributed by atoms with E-state index in [0.29, 0.717) is 47.1 Å². The van der Waals surface area contributed by atoms with E-state index in [1.807, 2.05) is 0 Å². The third-order valence-electron chi connectivity index (χ3n) is 0. The Morgan fingerprint density at radius 2 is 1.25 bits per heavy atom. The van der Waals surface area contributed by atoms with Crippen LogP contribution in [-0.2, 0) is 20.0 Å². The molecule has 0 fully saturated rings. The molecule has 0 N–H and O–H groups in total. The fourth-order valence-corrected chi connectivity index (χ4v) is 0. The van der Waals surface area contributed by atoms with Gasteiger partial charge in [-0.2, -0.15) is 0 Å². The Morgan fingerprint density at radius 3 is 1.25 bits per heavy atom. The van der Waals surface area contributed by atoms with Crippen LogP contribution in [0.1, 0.15) is 0 Å². The van der Waals surface area contributed by atoms with Crippen LogP contribution in [0.2, 0.25) is 0 Å². The zero-order chi connectivity index (χ0) is 4.00. The molecule has 4 heavy (non-hydrogen) atoms. The van der Waals surface area contributed by atoms with E-state index in [0.717, 1.165) is 0 Å². The molecule has 0 aliphatic rings. The first-order chi connectivity index (χ1) is 2.00. The summed E-state index contributed by atoms with van der Waals surface area (Å²) in [5.41, 5.74) is 0. The van der Waals surface area contributed by atoms with Gasteiger partial charge >= 0.3 is 80.1 Å². The first-order valence-electron chi connectivity index (χ1n) is 0.492. The van der Waals surface area contributed by atoms with Gasteiger partial charge in [0.2, 0.25) is 0 Å². The molecular weight excluding hydrogens is 218 g/mol. The fraction of sp³-hybridized carbons (Fsp3) is 0. The van der Waals surface area contributed by atoms with Crippen LogP contribution in [0, 0.1) is 0 Å². The number of hydrogen-bond donors (Lipinski definition) is 0. The monoisotopic (exact) mass is 216 g/mol. The average molecular weight is 218 g/mol. The maximum atomic E-state index is 4.83. The summed E-state index contributed by atoms with van der Waals surface area (Å²) in [7, 11) is 4.45. The van der Waals surface area contributed by atoms with Gasteiger partial charge in [0.15, 0.2) is 0 Å². The van der Waals surface area contributed by atoms with Gasteiger partial charge in [-0.3, -0.25) is 0 Å². The van der Waals surface area contributed by atoms with Gasteiger partial charge in [-0.15, -0.1) is 0 Å². The number of hydrogen-bond acceptors (Lipinski definition) is 0. The Morgan fingerprint density at radius 1 is 1.25 bits per heavy atom. The molecule has 0 heterocycles. The minimum atomic E-state index is 0.535. The van der Waals surface area contributed by atoms with Crippen molar-refractivity contribution in [3.05, 3.63) is 0 Å². The summed E-state index contributed by atoms with van der Waals surface area (Å²) < 4.78 is 4.83. The molecular formula is AgCl2K. The van der Waals surface area contributed by atoms with Crippen LogP contribution in [-0.4, -0.2) is 47.1 Å². The SMILES string of the molecule is [Cl][Ag].[Cl][K]. The van der Waals surface area contributed by atoms with Gasteiger partial charge in [0.1, 0.15) is 0 Å². The summed E-state index contributed by atoms with van der Waals surface area (Å²) in [6.07, 6.45) is 0. The summed E-state index contributed by atoms with van der Waals surface area (Å²) in [6.45, 7) is 0. The predicted molar refractivity (Wildman–Crippen MR) is 17.5 cm³/mol. The molecule has 0 aliphatic heterocycles. The average Bonchev–Trinajstić information content (AvgIpc) is 1.50. The third kappa shape index (κ3) is 8.88. The van der Waals surface area contributed by atoms with Gasteiger partial charge in [-0.1, -0.05) is 0 Å². The van der Waals surface area contributed by atoms with E-state index in [1.54, 1.807) is 0 Å². The van der Waals surface area contributed by atoms with Crippen molar-refractivity contribution in [2.75, 3.05) is 0 Å². The maximum absolute atomic E-state index is 4.83. The van der Waals surface area contributed by atoms with Crippen molar-refractivity contribution >= 4 is 60.1 Å². The molecule has 0 bridgehead atoms. The van der Waals surface area contributed by atoms with Gasteiger partial charge in [0, 0.05) is 0 Å².